The molecule has 138 valence electrons. The maximum absolute atomic E-state index is 12.7. The van der Waals surface area contributed by atoms with Crippen molar-refractivity contribution in [3.63, 3.8) is 0 Å². The van der Waals surface area contributed by atoms with E-state index in [-0.39, 0.29) is 6.03 Å². The van der Waals surface area contributed by atoms with Crippen molar-refractivity contribution >= 4 is 17.4 Å². The maximum Gasteiger partial charge on any atom is 0.321 e. The number of hydrogen-bond acceptors (Lipinski definition) is 2. The quantitative estimate of drug-likeness (QED) is 0.864. The number of para-hydroxylation sites is 1. The van der Waals surface area contributed by atoms with Crippen LogP contribution in [0.5, 0.6) is 0 Å². The molecule has 0 aliphatic carbocycles. The van der Waals surface area contributed by atoms with Gasteiger partial charge in [0.05, 0.1) is 0 Å². The number of urea groups is 1. The van der Waals surface area contributed by atoms with E-state index in [4.69, 9.17) is 0 Å². The van der Waals surface area contributed by atoms with Crippen LogP contribution in [0.1, 0.15) is 36.5 Å². The number of aryl methyl sites for hydroxylation is 2. The Morgan fingerprint density at radius 2 is 1.58 bits per heavy atom. The van der Waals surface area contributed by atoms with Crippen molar-refractivity contribution < 1.29 is 4.79 Å². The van der Waals surface area contributed by atoms with Gasteiger partial charge in [-0.1, -0.05) is 38.1 Å². The summed E-state index contributed by atoms with van der Waals surface area (Å²) in [5, 5.41) is 3.10. The fraction of sp³-hybridized carbons (Fsp3) is 0.409. The van der Waals surface area contributed by atoms with Gasteiger partial charge in [-0.2, -0.15) is 0 Å². The molecule has 1 fully saturated rings. The molecule has 2 aromatic rings. The first-order chi connectivity index (χ1) is 12.4. The van der Waals surface area contributed by atoms with Crippen LogP contribution in [-0.2, 0) is 0 Å². The minimum Gasteiger partial charge on any atom is -0.368 e. The zero-order valence-electron chi connectivity index (χ0n) is 16.2. The van der Waals surface area contributed by atoms with Gasteiger partial charge in [-0.05, 0) is 54.7 Å². The lowest BCUT2D eigenvalue weighted by Gasteiger charge is -2.36. The van der Waals surface area contributed by atoms with Crippen molar-refractivity contribution in [2.24, 2.45) is 0 Å². The minimum absolute atomic E-state index is 0.00169. The molecule has 0 atom stereocenters. The molecule has 26 heavy (non-hydrogen) atoms. The van der Waals surface area contributed by atoms with E-state index in [1.54, 1.807) is 0 Å². The minimum atomic E-state index is -0.00169. The third kappa shape index (κ3) is 4.18. The number of hydrogen-bond donors (Lipinski definition) is 1. The SMILES string of the molecule is Cc1cc(C)cc(N2CCN(C(=O)Nc3ccccc3C(C)C)CC2)c1. The van der Waals surface area contributed by atoms with Crippen LogP contribution in [0.3, 0.4) is 0 Å². The topological polar surface area (TPSA) is 35.6 Å². The van der Waals surface area contributed by atoms with Gasteiger partial charge in [0, 0.05) is 37.6 Å². The Labute approximate surface area is 156 Å². The first kappa shape index (κ1) is 18.3. The van der Waals surface area contributed by atoms with Crippen molar-refractivity contribution in [3.05, 3.63) is 59.2 Å². The van der Waals surface area contributed by atoms with Gasteiger partial charge < -0.3 is 15.1 Å². The van der Waals surface area contributed by atoms with E-state index in [0.29, 0.717) is 5.92 Å². The van der Waals surface area contributed by atoms with E-state index < -0.39 is 0 Å². The number of amides is 2. The lowest BCUT2D eigenvalue weighted by atomic mass is 10.0. The molecule has 0 aromatic heterocycles. The molecular weight excluding hydrogens is 322 g/mol. The Morgan fingerprint density at radius 1 is 0.962 bits per heavy atom. The molecule has 2 aromatic carbocycles. The molecule has 4 nitrogen and oxygen atoms in total. The van der Waals surface area contributed by atoms with Crippen molar-refractivity contribution in [1.29, 1.82) is 0 Å². The van der Waals surface area contributed by atoms with Gasteiger partial charge in [-0.25, -0.2) is 4.79 Å². The molecular formula is C22H29N3O. The standard InChI is InChI=1S/C22H29N3O/c1-16(2)20-7-5-6-8-21(20)23-22(26)25-11-9-24(10-12-25)19-14-17(3)13-18(4)15-19/h5-8,13-16H,9-12H2,1-4H3,(H,23,26). The van der Waals surface area contributed by atoms with Gasteiger partial charge in [-0.3, -0.25) is 0 Å². The van der Waals surface area contributed by atoms with Crippen LogP contribution < -0.4 is 10.2 Å². The Morgan fingerprint density at radius 3 is 2.19 bits per heavy atom. The normalized spacial score (nSPS) is 14.7. The molecule has 4 heteroatoms. The van der Waals surface area contributed by atoms with Gasteiger partial charge in [0.25, 0.3) is 0 Å². The Kier molecular flexibility index (Phi) is 5.50. The summed E-state index contributed by atoms with van der Waals surface area (Å²) in [7, 11) is 0. The van der Waals surface area contributed by atoms with E-state index in [1.165, 1.54) is 22.4 Å². The van der Waals surface area contributed by atoms with Crippen molar-refractivity contribution in [2.75, 3.05) is 36.4 Å². The number of rotatable bonds is 3. The zero-order chi connectivity index (χ0) is 18.7. The molecule has 0 unspecified atom stereocenters. The fourth-order valence-electron chi connectivity index (χ4n) is 3.61. The molecule has 3 rings (SSSR count). The largest absolute Gasteiger partial charge is 0.368 e. The Bertz CT molecular complexity index is 756. The van der Waals surface area contributed by atoms with Crippen LogP contribution in [0.4, 0.5) is 16.2 Å². The molecule has 0 bridgehead atoms. The highest BCUT2D eigenvalue weighted by Gasteiger charge is 2.22. The summed E-state index contributed by atoms with van der Waals surface area (Å²) in [6.45, 7) is 11.8. The highest BCUT2D eigenvalue weighted by Crippen LogP contribution is 2.24. The summed E-state index contributed by atoms with van der Waals surface area (Å²) in [5.74, 6) is 0.382. The zero-order valence-corrected chi connectivity index (χ0v) is 16.2. The molecule has 0 radical (unpaired) electrons. The van der Waals surface area contributed by atoms with Gasteiger partial charge in [0.1, 0.15) is 0 Å². The monoisotopic (exact) mass is 351 g/mol. The van der Waals surface area contributed by atoms with E-state index >= 15 is 0 Å². The Balaban J connectivity index is 1.62. The average molecular weight is 351 g/mol. The molecule has 1 aliphatic rings. The summed E-state index contributed by atoms with van der Waals surface area (Å²) < 4.78 is 0. The average Bonchev–Trinajstić information content (AvgIpc) is 2.61. The number of nitrogens with one attached hydrogen (secondary N) is 1. The van der Waals surface area contributed by atoms with Gasteiger partial charge in [0.2, 0.25) is 0 Å². The lowest BCUT2D eigenvalue weighted by Crippen LogP contribution is -2.50. The summed E-state index contributed by atoms with van der Waals surface area (Å²) in [4.78, 5) is 17.0. The van der Waals surface area contributed by atoms with Crippen LogP contribution in [0.25, 0.3) is 0 Å². The van der Waals surface area contributed by atoms with E-state index in [9.17, 15) is 4.79 Å². The Hall–Kier alpha value is -2.49. The molecule has 2 amide bonds. The van der Waals surface area contributed by atoms with Crippen LogP contribution in [-0.4, -0.2) is 37.1 Å². The summed E-state index contributed by atoms with van der Waals surface area (Å²) in [6, 6.07) is 14.7. The third-order valence-corrected chi connectivity index (χ3v) is 4.96. The third-order valence-electron chi connectivity index (χ3n) is 4.96. The highest BCUT2D eigenvalue weighted by molar-refractivity contribution is 5.90. The molecule has 0 spiro atoms. The second-order valence-electron chi connectivity index (χ2n) is 7.49. The van der Waals surface area contributed by atoms with Crippen molar-refractivity contribution in [2.45, 2.75) is 33.6 Å². The number of nitrogens with zero attached hydrogens (tertiary/aromatic N) is 2. The van der Waals surface area contributed by atoms with Crippen LogP contribution in [0, 0.1) is 13.8 Å². The van der Waals surface area contributed by atoms with E-state index in [1.807, 2.05) is 23.1 Å². The number of benzene rings is 2. The van der Waals surface area contributed by atoms with Crippen LogP contribution >= 0.6 is 0 Å². The first-order valence-corrected chi connectivity index (χ1v) is 9.42. The van der Waals surface area contributed by atoms with Crippen LogP contribution in [0.15, 0.2) is 42.5 Å². The van der Waals surface area contributed by atoms with Crippen molar-refractivity contribution in [3.8, 4) is 0 Å². The van der Waals surface area contributed by atoms with Crippen LogP contribution in [0.2, 0.25) is 0 Å². The smallest absolute Gasteiger partial charge is 0.321 e. The fourth-order valence-corrected chi connectivity index (χ4v) is 3.61. The molecule has 1 N–H and O–H groups in total. The first-order valence-electron chi connectivity index (χ1n) is 9.42. The van der Waals surface area contributed by atoms with E-state index in [2.05, 4.69) is 62.2 Å². The number of piperazine rings is 1. The second kappa shape index (κ2) is 7.81. The molecule has 1 aliphatic heterocycles. The maximum atomic E-state index is 12.7. The summed E-state index contributed by atoms with van der Waals surface area (Å²) >= 11 is 0. The van der Waals surface area contributed by atoms with Gasteiger partial charge in [-0.15, -0.1) is 0 Å². The summed E-state index contributed by atoms with van der Waals surface area (Å²) in [6.07, 6.45) is 0. The number of anilines is 2. The lowest BCUT2D eigenvalue weighted by molar-refractivity contribution is 0.208. The molecule has 1 heterocycles. The summed E-state index contributed by atoms with van der Waals surface area (Å²) in [5.41, 5.74) is 5.92. The predicted octanol–water partition coefficient (Wildman–Crippen LogP) is 4.78. The number of carbonyl (C=O) groups excluding carboxylic acids is 1. The van der Waals surface area contributed by atoms with Gasteiger partial charge in [0.15, 0.2) is 0 Å². The highest BCUT2D eigenvalue weighted by atomic mass is 16.2. The number of carbonyl (C=O) groups is 1. The second-order valence-corrected chi connectivity index (χ2v) is 7.49. The van der Waals surface area contributed by atoms with Gasteiger partial charge >= 0.3 is 6.03 Å². The predicted molar refractivity (Wildman–Crippen MR) is 109 cm³/mol. The van der Waals surface area contributed by atoms with E-state index in [0.717, 1.165) is 31.9 Å². The molecule has 0 saturated carbocycles. The van der Waals surface area contributed by atoms with Crippen molar-refractivity contribution in [1.82, 2.24) is 4.90 Å². The molecule has 1 saturated heterocycles.